The predicted molar refractivity (Wildman–Crippen MR) is 104 cm³/mol. The Morgan fingerprint density at radius 3 is 1.52 bits per heavy atom. The molecule has 0 unspecified atom stereocenters. The second-order valence-electron chi connectivity index (χ2n) is 5.33. The number of aromatic nitrogens is 1. The summed E-state index contributed by atoms with van der Waals surface area (Å²) in [4.78, 5) is 3.38. The first-order chi connectivity index (χ1) is 12.7. The van der Waals surface area contributed by atoms with Gasteiger partial charge in [-0.25, -0.2) is 16.8 Å². The smallest absolute Gasteiger partial charge is 0.262 e. The van der Waals surface area contributed by atoms with Gasteiger partial charge in [0.05, 0.1) is 21.7 Å². The minimum absolute atomic E-state index is 0.123. The molecule has 1 heterocycles. The van der Waals surface area contributed by atoms with Gasteiger partial charge in [0.2, 0.25) is 0 Å². The van der Waals surface area contributed by atoms with Crippen molar-refractivity contribution in [2.75, 3.05) is 3.71 Å². The molecule has 0 aliphatic heterocycles. The van der Waals surface area contributed by atoms with Crippen molar-refractivity contribution in [1.82, 2.24) is 4.98 Å². The first-order valence-corrected chi connectivity index (χ1v) is 11.1. The zero-order chi connectivity index (χ0) is 19.7. The molecule has 0 saturated heterocycles. The second kappa shape index (κ2) is 7.47. The maximum atomic E-state index is 13.2. The first kappa shape index (κ1) is 19.6. The van der Waals surface area contributed by atoms with Crippen molar-refractivity contribution < 1.29 is 16.8 Å². The van der Waals surface area contributed by atoms with Crippen LogP contribution in [0.4, 0.5) is 5.69 Å². The van der Waals surface area contributed by atoms with Gasteiger partial charge in [-0.05, 0) is 60.7 Å². The molecular formula is C17H12Cl2N2O4S2. The average molecular weight is 443 g/mol. The zero-order valence-corrected chi connectivity index (χ0v) is 16.7. The molecule has 27 heavy (non-hydrogen) atoms. The molecular weight excluding hydrogens is 431 g/mol. The van der Waals surface area contributed by atoms with Crippen molar-refractivity contribution in [3.63, 3.8) is 0 Å². The minimum Gasteiger partial charge on any atom is -0.262 e. The molecule has 0 radical (unpaired) electrons. The van der Waals surface area contributed by atoms with E-state index in [4.69, 9.17) is 23.2 Å². The van der Waals surface area contributed by atoms with E-state index < -0.39 is 20.0 Å². The summed E-state index contributed by atoms with van der Waals surface area (Å²) in [5.74, 6) is 0. The Hall–Kier alpha value is -2.13. The lowest BCUT2D eigenvalue weighted by Crippen LogP contribution is -2.37. The Labute approximate surface area is 167 Å². The fourth-order valence-corrected chi connectivity index (χ4v) is 6.19. The Kier molecular flexibility index (Phi) is 5.43. The Morgan fingerprint density at radius 2 is 1.15 bits per heavy atom. The number of hydrogen-bond acceptors (Lipinski definition) is 5. The third-order valence-electron chi connectivity index (χ3n) is 3.52. The monoisotopic (exact) mass is 442 g/mol. The van der Waals surface area contributed by atoms with Gasteiger partial charge in [-0.1, -0.05) is 23.2 Å². The van der Waals surface area contributed by atoms with Crippen LogP contribution in [-0.2, 0) is 20.0 Å². The second-order valence-corrected chi connectivity index (χ2v) is 10.0. The summed E-state index contributed by atoms with van der Waals surface area (Å²) in [5, 5.41) is 0.643. The minimum atomic E-state index is -4.47. The molecule has 6 nitrogen and oxygen atoms in total. The molecule has 2 aromatic carbocycles. The van der Waals surface area contributed by atoms with E-state index in [2.05, 4.69) is 4.98 Å². The van der Waals surface area contributed by atoms with Crippen LogP contribution in [0.1, 0.15) is 0 Å². The number of pyridine rings is 1. The van der Waals surface area contributed by atoms with Gasteiger partial charge < -0.3 is 0 Å². The van der Waals surface area contributed by atoms with Crippen LogP contribution in [0.25, 0.3) is 0 Å². The molecule has 1 aromatic heterocycles. The van der Waals surface area contributed by atoms with E-state index in [1.165, 1.54) is 66.9 Å². The lowest BCUT2D eigenvalue weighted by molar-refractivity contribution is 0.584. The third-order valence-corrected chi connectivity index (χ3v) is 8.23. The van der Waals surface area contributed by atoms with E-state index >= 15 is 0 Å². The van der Waals surface area contributed by atoms with E-state index in [1.807, 2.05) is 0 Å². The highest BCUT2D eigenvalue weighted by molar-refractivity contribution is 8.10. The number of rotatable bonds is 5. The maximum absolute atomic E-state index is 13.2. The summed E-state index contributed by atoms with van der Waals surface area (Å²) < 4.78 is 53.1. The first-order valence-electron chi connectivity index (χ1n) is 7.44. The van der Waals surface area contributed by atoms with Crippen LogP contribution in [0.3, 0.4) is 0 Å². The maximum Gasteiger partial charge on any atom is 0.277 e. The van der Waals surface area contributed by atoms with Crippen molar-refractivity contribution in [3.05, 3.63) is 83.1 Å². The molecule has 0 bridgehead atoms. The Bertz CT molecular complexity index is 1070. The third kappa shape index (κ3) is 3.93. The average Bonchev–Trinajstić information content (AvgIpc) is 2.63. The summed E-state index contributed by atoms with van der Waals surface area (Å²) in [6.45, 7) is 0. The molecule has 3 rings (SSSR count). The van der Waals surface area contributed by atoms with Gasteiger partial charge in [-0.3, -0.25) is 4.98 Å². The number of sulfonamides is 2. The van der Waals surface area contributed by atoms with Crippen LogP contribution in [0.5, 0.6) is 0 Å². The molecule has 0 spiro atoms. The van der Waals surface area contributed by atoms with Gasteiger partial charge in [-0.15, -0.1) is 0 Å². The van der Waals surface area contributed by atoms with E-state index in [0.717, 1.165) is 6.20 Å². The lowest BCUT2D eigenvalue weighted by Gasteiger charge is -2.23. The molecule has 0 N–H and O–H groups in total. The topological polar surface area (TPSA) is 84.4 Å². The van der Waals surface area contributed by atoms with Crippen molar-refractivity contribution in [2.24, 2.45) is 0 Å². The standard InChI is InChI=1S/C17H12Cl2N2O4S2/c18-13-3-7-16(8-4-13)26(22,23)21(15-2-1-11-20-12-15)27(24,25)17-9-5-14(19)6-10-17/h1-12H. The summed E-state index contributed by atoms with van der Waals surface area (Å²) in [6.07, 6.45) is 2.56. The number of hydrogen-bond donors (Lipinski definition) is 0. The summed E-state index contributed by atoms with van der Waals surface area (Å²) in [5.41, 5.74) is -0.123. The summed E-state index contributed by atoms with van der Waals surface area (Å²) in [6, 6.07) is 13.2. The molecule has 0 amide bonds. The number of anilines is 1. The van der Waals surface area contributed by atoms with Gasteiger partial charge in [0.15, 0.2) is 0 Å². The number of halogens is 2. The molecule has 0 aliphatic carbocycles. The van der Waals surface area contributed by atoms with Crippen LogP contribution in [0.15, 0.2) is 82.8 Å². The quantitative estimate of drug-likeness (QED) is 0.596. The van der Waals surface area contributed by atoms with Crippen molar-refractivity contribution >= 4 is 48.9 Å². The highest BCUT2D eigenvalue weighted by Crippen LogP contribution is 2.31. The van der Waals surface area contributed by atoms with Crippen LogP contribution in [0, 0.1) is 0 Å². The largest absolute Gasteiger partial charge is 0.277 e. The normalized spacial score (nSPS) is 11.9. The number of benzene rings is 2. The molecule has 0 atom stereocenters. The van der Waals surface area contributed by atoms with Crippen molar-refractivity contribution in [2.45, 2.75) is 9.79 Å². The van der Waals surface area contributed by atoms with Crippen LogP contribution < -0.4 is 3.71 Å². The summed E-state index contributed by atoms with van der Waals surface area (Å²) >= 11 is 11.6. The van der Waals surface area contributed by atoms with E-state index in [9.17, 15) is 16.8 Å². The Balaban J connectivity index is 2.24. The SMILES string of the molecule is O=S(=O)(c1ccc(Cl)cc1)N(c1cccnc1)S(=O)(=O)c1ccc(Cl)cc1. The van der Waals surface area contributed by atoms with Gasteiger partial charge in [0.25, 0.3) is 20.0 Å². The lowest BCUT2D eigenvalue weighted by atomic mass is 10.4. The highest BCUT2D eigenvalue weighted by atomic mass is 35.5. The number of nitrogens with zero attached hydrogens (tertiary/aromatic N) is 2. The zero-order valence-electron chi connectivity index (χ0n) is 13.5. The van der Waals surface area contributed by atoms with Crippen LogP contribution in [-0.4, -0.2) is 21.8 Å². The molecule has 140 valence electrons. The van der Waals surface area contributed by atoms with Gasteiger partial charge in [0, 0.05) is 16.2 Å². The van der Waals surface area contributed by atoms with Crippen molar-refractivity contribution in [3.8, 4) is 0 Å². The molecule has 0 aliphatic rings. The van der Waals surface area contributed by atoms with Crippen LogP contribution in [0.2, 0.25) is 10.0 Å². The summed E-state index contributed by atoms with van der Waals surface area (Å²) in [7, 11) is -8.95. The predicted octanol–water partition coefficient (Wildman–Crippen LogP) is 3.97. The van der Waals surface area contributed by atoms with Gasteiger partial charge >= 0.3 is 0 Å². The fraction of sp³-hybridized carbons (Fsp3) is 0. The molecule has 0 saturated carbocycles. The van der Waals surface area contributed by atoms with Crippen molar-refractivity contribution in [1.29, 1.82) is 0 Å². The van der Waals surface area contributed by atoms with Crippen LogP contribution >= 0.6 is 23.2 Å². The van der Waals surface area contributed by atoms with E-state index in [0.29, 0.717) is 13.8 Å². The Morgan fingerprint density at radius 1 is 0.704 bits per heavy atom. The molecule has 10 heteroatoms. The van der Waals surface area contributed by atoms with Gasteiger partial charge in [0.1, 0.15) is 0 Å². The fourth-order valence-electron chi connectivity index (χ4n) is 2.27. The van der Waals surface area contributed by atoms with Gasteiger partial charge in [-0.2, -0.15) is 3.71 Å². The van der Waals surface area contributed by atoms with E-state index in [1.54, 1.807) is 0 Å². The highest BCUT2D eigenvalue weighted by Gasteiger charge is 2.37. The molecule has 0 fully saturated rings. The molecule has 3 aromatic rings. The van der Waals surface area contributed by atoms with E-state index in [-0.39, 0.29) is 15.5 Å².